The quantitative estimate of drug-likeness (QED) is 0.217. The first kappa shape index (κ1) is 27.6. The van der Waals surface area contributed by atoms with Crippen LogP contribution in [0.4, 0.5) is 0 Å². The number of rotatable bonds is 10. The summed E-state index contributed by atoms with van der Waals surface area (Å²) < 4.78 is 29.9. The van der Waals surface area contributed by atoms with Gasteiger partial charge in [0, 0.05) is 18.5 Å². The van der Waals surface area contributed by atoms with Gasteiger partial charge in [0.1, 0.15) is 0 Å². The minimum Gasteiger partial charge on any atom is -0.493 e. The van der Waals surface area contributed by atoms with E-state index < -0.39 is 5.97 Å². The Morgan fingerprint density at radius 1 is 0.925 bits per heavy atom. The summed E-state index contributed by atoms with van der Waals surface area (Å²) >= 11 is 0. The molecule has 0 aromatic heterocycles. The highest BCUT2D eigenvalue weighted by Gasteiger charge is 2.37. The Bertz CT molecular complexity index is 1390. The minimum absolute atomic E-state index is 0.0956. The van der Waals surface area contributed by atoms with Crippen molar-refractivity contribution in [3.05, 3.63) is 64.2 Å². The number of carboxylic acid groups (broad SMARTS) is 1. The fraction of sp³-hybridized carbons (Fsp3) is 0.406. The second kappa shape index (κ2) is 11.7. The highest BCUT2D eigenvalue weighted by molar-refractivity contribution is 5.67. The number of benzene rings is 3. The number of hydrogen-bond donors (Lipinski definition) is 1. The van der Waals surface area contributed by atoms with Gasteiger partial charge in [0.15, 0.2) is 34.5 Å². The van der Waals surface area contributed by atoms with Crippen LogP contribution in [0.15, 0.2) is 36.4 Å². The average molecular weight is 548 g/mol. The predicted octanol–water partition coefficient (Wildman–Crippen LogP) is 6.82. The van der Waals surface area contributed by atoms with Gasteiger partial charge in [-0.05, 0) is 86.2 Å². The number of hydrogen-bond acceptors (Lipinski definition) is 7. The Kier molecular flexibility index (Phi) is 8.07. The van der Waals surface area contributed by atoms with Crippen LogP contribution in [0.1, 0.15) is 59.5 Å². The lowest BCUT2D eigenvalue weighted by molar-refractivity contribution is -0.137. The molecule has 5 rings (SSSR count). The molecule has 212 valence electrons. The van der Waals surface area contributed by atoms with E-state index in [1.54, 1.807) is 21.3 Å². The Balaban J connectivity index is 1.61. The van der Waals surface area contributed by atoms with Gasteiger partial charge in [-0.15, -0.1) is 0 Å². The summed E-state index contributed by atoms with van der Waals surface area (Å²) in [6.07, 6.45) is 3.50. The topological polar surface area (TPSA) is 86.7 Å². The number of fused-ring (bicyclic) bond motifs is 3. The van der Waals surface area contributed by atoms with E-state index >= 15 is 0 Å². The van der Waals surface area contributed by atoms with Crippen molar-refractivity contribution in [2.75, 3.05) is 34.4 Å². The third kappa shape index (κ3) is 5.04. The van der Waals surface area contributed by atoms with Crippen LogP contribution in [-0.4, -0.2) is 50.4 Å². The molecule has 40 heavy (non-hydrogen) atoms. The maximum absolute atomic E-state index is 11.0. The Labute approximate surface area is 235 Å². The van der Waals surface area contributed by atoms with Gasteiger partial charge in [-0.1, -0.05) is 18.6 Å². The molecule has 1 atom stereocenters. The molecule has 0 spiro atoms. The molecular weight excluding hydrogens is 510 g/mol. The highest BCUT2D eigenvalue weighted by Crippen LogP contribution is 2.54. The van der Waals surface area contributed by atoms with Gasteiger partial charge >= 0.3 is 5.97 Å². The number of methoxy groups -OCH3 is 3. The number of para-hydroxylation sites is 2. The summed E-state index contributed by atoms with van der Waals surface area (Å²) in [4.78, 5) is 13.5. The molecule has 2 aliphatic rings. The van der Waals surface area contributed by atoms with Crippen LogP contribution in [-0.2, 0) is 11.2 Å². The summed E-state index contributed by atoms with van der Waals surface area (Å²) in [5.41, 5.74) is 5.62. The first-order valence-electron chi connectivity index (χ1n) is 13.7. The lowest BCUT2D eigenvalue weighted by Crippen LogP contribution is -2.38. The van der Waals surface area contributed by atoms with E-state index in [-0.39, 0.29) is 12.5 Å². The van der Waals surface area contributed by atoms with Crippen molar-refractivity contribution in [3.8, 4) is 40.2 Å². The molecule has 0 fully saturated rings. The molecule has 3 aromatic carbocycles. The first-order chi connectivity index (χ1) is 19.4. The van der Waals surface area contributed by atoms with E-state index in [0.717, 1.165) is 66.3 Å². The van der Waals surface area contributed by atoms with Gasteiger partial charge in [-0.25, -0.2) is 0 Å². The summed E-state index contributed by atoms with van der Waals surface area (Å²) in [6, 6.07) is 11.7. The van der Waals surface area contributed by atoms with E-state index in [0.29, 0.717) is 29.4 Å². The lowest BCUT2D eigenvalue weighted by atomic mass is 9.81. The number of unbranched alkanes of at least 4 members (excludes halogenated alkanes) is 2. The lowest BCUT2D eigenvalue weighted by Gasteiger charge is -2.41. The summed E-state index contributed by atoms with van der Waals surface area (Å²) in [7, 11) is 4.86. The minimum atomic E-state index is -0.748. The van der Waals surface area contributed by atoms with Crippen molar-refractivity contribution in [3.63, 3.8) is 0 Å². The maximum Gasteiger partial charge on any atom is 0.303 e. The molecule has 3 aromatic rings. The zero-order valence-electron chi connectivity index (χ0n) is 23.8. The SMILES string of the molecule is COc1cc(C2c3c(C)c4c(c(C)c3CCN2CCCCCC(=O)O)Oc2ccccc2O4)cc(OC)c1OC. The van der Waals surface area contributed by atoms with Gasteiger partial charge in [0.05, 0.1) is 27.4 Å². The monoisotopic (exact) mass is 547 g/mol. The zero-order valence-corrected chi connectivity index (χ0v) is 23.8. The van der Waals surface area contributed by atoms with E-state index in [4.69, 9.17) is 28.8 Å². The fourth-order valence-corrected chi connectivity index (χ4v) is 6.02. The van der Waals surface area contributed by atoms with Gasteiger partial charge < -0.3 is 28.8 Å². The second-order valence-corrected chi connectivity index (χ2v) is 10.3. The smallest absolute Gasteiger partial charge is 0.303 e. The number of carboxylic acids is 1. The molecule has 0 saturated carbocycles. The second-order valence-electron chi connectivity index (χ2n) is 10.3. The predicted molar refractivity (Wildman–Crippen MR) is 152 cm³/mol. The average Bonchev–Trinajstić information content (AvgIpc) is 2.97. The Hall–Kier alpha value is -3.91. The van der Waals surface area contributed by atoms with Crippen molar-refractivity contribution in [2.45, 2.75) is 52.0 Å². The fourth-order valence-electron chi connectivity index (χ4n) is 6.02. The molecule has 0 aliphatic carbocycles. The Morgan fingerprint density at radius 2 is 1.55 bits per heavy atom. The third-order valence-electron chi connectivity index (χ3n) is 7.97. The van der Waals surface area contributed by atoms with Gasteiger partial charge in [0.25, 0.3) is 0 Å². The standard InChI is InChI=1S/C32H37NO7/c1-19-22-14-16-33(15-10-6-7-13-27(34)35)29(21-17-25(36-3)32(38-5)26(18-21)37-4)28(22)20(2)31-30(19)39-23-11-8-9-12-24(23)40-31/h8-9,11-12,17-18,29H,6-7,10,13-16H2,1-5H3,(H,34,35). The van der Waals surface area contributed by atoms with E-state index in [2.05, 4.69) is 18.7 Å². The largest absolute Gasteiger partial charge is 0.493 e. The number of ether oxygens (including phenoxy) is 5. The van der Waals surface area contributed by atoms with Crippen molar-refractivity contribution >= 4 is 5.97 Å². The van der Waals surface area contributed by atoms with Crippen molar-refractivity contribution in [1.82, 2.24) is 4.90 Å². The van der Waals surface area contributed by atoms with Crippen LogP contribution < -0.4 is 23.7 Å². The molecule has 2 aliphatic heterocycles. The van der Waals surface area contributed by atoms with Crippen LogP contribution in [0.3, 0.4) is 0 Å². The zero-order chi connectivity index (χ0) is 28.4. The van der Waals surface area contributed by atoms with Crippen molar-refractivity contribution in [2.24, 2.45) is 0 Å². The summed E-state index contributed by atoms with van der Waals surface area (Å²) in [5, 5.41) is 9.05. The first-order valence-corrected chi connectivity index (χ1v) is 13.7. The molecule has 0 bridgehead atoms. The summed E-state index contributed by atoms with van der Waals surface area (Å²) in [6.45, 7) is 5.90. The van der Waals surface area contributed by atoms with Crippen LogP contribution in [0.5, 0.6) is 40.2 Å². The molecule has 1 unspecified atom stereocenters. The molecule has 1 N–H and O–H groups in total. The molecule has 0 amide bonds. The normalized spacial score (nSPS) is 15.7. The number of carbonyl (C=O) groups is 1. The Morgan fingerprint density at radius 3 is 2.12 bits per heavy atom. The van der Waals surface area contributed by atoms with Crippen molar-refractivity contribution < 1.29 is 33.6 Å². The van der Waals surface area contributed by atoms with Gasteiger partial charge in [-0.3, -0.25) is 9.69 Å². The van der Waals surface area contributed by atoms with Gasteiger partial charge in [0.2, 0.25) is 5.75 Å². The third-order valence-corrected chi connectivity index (χ3v) is 7.97. The molecule has 0 radical (unpaired) electrons. The highest BCUT2D eigenvalue weighted by atomic mass is 16.6. The van der Waals surface area contributed by atoms with Crippen LogP contribution >= 0.6 is 0 Å². The molecule has 8 heteroatoms. The van der Waals surface area contributed by atoms with E-state index in [1.807, 2.05) is 36.4 Å². The van der Waals surface area contributed by atoms with Crippen molar-refractivity contribution in [1.29, 1.82) is 0 Å². The molecule has 2 heterocycles. The van der Waals surface area contributed by atoms with E-state index in [9.17, 15) is 4.79 Å². The molecule has 0 saturated heterocycles. The number of nitrogens with zero attached hydrogens (tertiary/aromatic N) is 1. The molecular formula is C32H37NO7. The summed E-state index contributed by atoms with van der Waals surface area (Å²) in [5.74, 6) is 3.96. The maximum atomic E-state index is 11.0. The number of aliphatic carboxylic acids is 1. The molecule has 8 nitrogen and oxygen atoms in total. The van der Waals surface area contributed by atoms with Crippen LogP contribution in [0, 0.1) is 13.8 Å². The van der Waals surface area contributed by atoms with E-state index in [1.165, 1.54) is 11.1 Å². The van der Waals surface area contributed by atoms with Crippen LogP contribution in [0.25, 0.3) is 0 Å². The van der Waals surface area contributed by atoms with Gasteiger partial charge in [-0.2, -0.15) is 0 Å². The van der Waals surface area contributed by atoms with Crippen LogP contribution in [0.2, 0.25) is 0 Å².